The summed E-state index contributed by atoms with van der Waals surface area (Å²) in [5, 5.41) is 10.3. The van der Waals surface area contributed by atoms with E-state index in [9.17, 15) is 0 Å². The standard InChI is InChI=1S/C22H22N4S/c1-3-9-18(10-4-1)13-7-15-26-22(23-17-19-11-5-2-6-12-19)24-21(25-26)20-14-8-16-27-20/h1-6,8-12,14,16H,7,13,15,17H2,(H,23,24,25). The molecule has 0 spiro atoms. The van der Waals surface area contributed by atoms with Crippen LogP contribution >= 0.6 is 11.3 Å². The molecule has 4 nitrogen and oxygen atoms in total. The zero-order valence-electron chi connectivity index (χ0n) is 15.1. The number of anilines is 1. The number of benzene rings is 2. The van der Waals surface area contributed by atoms with Crippen LogP contribution in [0, 0.1) is 0 Å². The molecule has 5 heteroatoms. The second kappa shape index (κ2) is 8.64. The minimum Gasteiger partial charge on any atom is -0.350 e. The first-order valence-electron chi connectivity index (χ1n) is 9.19. The number of aryl methyl sites for hydroxylation is 2. The molecular weight excluding hydrogens is 352 g/mol. The molecule has 4 rings (SSSR count). The average molecular weight is 375 g/mol. The molecule has 0 aliphatic heterocycles. The van der Waals surface area contributed by atoms with Crippen LogP contribution in [0.3, 0.4) is 0 Å². The number of hydrogen-bond donors (Lipinski definition) is 1. The number of thiophene rings is 1. The first kappa shape index (κ1) is 17.5. The summed E-state index contributed by atoms with van der Waals surface area (Å²) in [5.74, 6) is 1.62. The number of hydrogen-bond acceptors (Lipinski definition) is 4. The van der Waals surface area contributed by atoms with Crippen molar-refractivity contribution in [2.75, 3.05) is 5.32 Å². The first-order chi connectivity index (χ1) is 13.4. The molecule has 0 fully saturated rings. The summed E-state index contributed by atoms with van der Waals surface area (Å²) in [6.45, 7) is 1.58. The summed E-state index contributed by atoms with van der Waals surface area (Å²) >= 11 is 1.67. The van der Waals surface area contributed by atoms with Gasteiger partial charge in [0.05, 0.1) is 4.88 Å². The Morgan fingerprint density at radius 1 is 0.852 bits per heavy atom. The van der Waals surface area contributed by atoms with Crippen molar-refractivity contribution in [3.8, 4) is 10.7 Å². The molecular formula is C22H22N4S. The van der Waals surface area contributed by atoms with Crippen LogP contribution in [0.4, 0.5) is 5.95 Å². The predicted molar refractivity (Wildman–Crippen MR) is 112 cm³/mol. The van der Waals surface area contributed by atoms with Crippen molar-refractivity contribution in [3.05, 3.63) is 89.3 Å². The van der Waals surface area contributed by atoms with Crippen molar-refractivity contribution in [1.29, 1.82) is 0 Å². The van der Waals surface area contributed by atoms with Crippen molar-refractivity contribution in [2.24, 2.45) is 0 Å². The van der Waals surface area contributed by atoms with Gasteiger partial charge in [-0.05, 0) is 35.4 Å². The van der Waals surface area contributed by atoms with E-state index in [1.54, 1.807) is 11.3 Å². The van der Waals surface area contributed by atoms with Crippen molar-refractivity contribution >= 4 is 17.3 Å². The Balaban J connectivity index is 1.47. The summed E-state index contributed by atoms with van der Waals surface area (Å²) in [7, 11) is 0. The Morgan fingerprint density at radius 3 is 2.30 bits per heavy atom. The molecule has 0 amide bonds. The lowest BCUT2D eigenvalue weighted by atomic mass is 10.1. The fourth-order valence-corrected chi connectivity index (χ4v) is 3.65. The van der Waals surface area contributed by atoms with Crippen molar-refractivity contribution in [3.63, 3.8) is 0 Å². The molecule has 4 aromatic rings. The number of aromatic nitrogens is 3. The van der Waals surface area contributed by atoms with Gasteiger partial charge in [0.25, 0.3) is 0 Å². The summed E-state index contributed by atoms with van der Waals surface area (Å²) in [6.07, 6.45) is 2.06. The Bertz CT molecular complexity index is 947. The van der Waals surface area contributed by atoms with Gasteiger partial charge in [-0.2, -0.15) is 4.98 Å². The van der Waals surface area contributed by atoms with Crippen LogP contribution in [-0.2, 0) is 19.5 Å². The third-order valence-electron chi connectivity index (χ3n) is 4.38. The van der Waals surface area contributed by atoms with Crippen molar-refractivity contribution < 1.29 is 0 Å². The van der Waals surface area contributed by atoms with Crippen LogP contribution in [0.1, 0.15) is 17.5 Å². The van der Waals surface area contributed by atoms with E-state index < -0.39 is 0 Å². The van der Waals surface area contributed by atoms with Gasteiger partial charge in [-0.25, -0.2) is 4.68 Å². The highest BCUT2D eigenvalue weighted by atomic mass is 32.1. The second-order valence-corrected chi connectivity index (χ2v) is 7.34. The SMILES string of the molecule is c1ccc(CCCn2nc(-c3cccs3)nc2NCc2ccccc2)cc1. The summed E-state index contributed by atoms with van der Waals surface area (Å²) in [5.41, 5.74) is 2.59. The normalized spacial score (nSPS) is 10.8. The minimum atomic E-state index is 0.738. The zero-order valence-corrected chi connectivity index (χ0v) is 15.9. The van der Waals surface area contributed by atoms with Gasteiger partial charge < -0.3 is 5.32 Å². The molecule has 136 valence electrons. The average Bonchev–Trinajstić information content (AvgIpc) is 3.38. The van der Waals surface area contributed by atoms with Gasteiger partial charge >= 0.3 is 0 Å². The smallest absolute Gasteiger partial charge is 0.221 e. The van der Waals surface area contributed by atoms with Gasteiger partial charge in [-0.3, -0.25) is 0 Å². The van der Waals surface area contributed by atoms with E-state index in [4.69, 9.17) is 10.1 Å². The highest BCUT2D eigenvalue weighted by Crippen LogP contribution is 2.23. The second-order valence-electron chi connectivity index (χ2n) is 6.39. The van der Waals surface area contributed by atoms with Crippen LogP contribution in [0.5, 0.6) is 0 Å². The maximum Gasteiger partial charge on any atom is 0.221 e. The Kier molecular flexibility index (Phi) is 5.60. The lowest BCUT2D eigenvalue weighted by Gasteiger charge is -2.08. The maximum atomic E-state index is 4.75. The van der Waals surface area contributed by atoms with Crippen LogP contribution < -0.4 is 5.32 Å². The van der Waals surface area contributed by atoms with Crippen LogP contribution in [0.2, 0.25) is 0 Å². The van der Waals surface area contributed by atoms with Crippen LogP contribution in [0.15, 0.2) is 78.2 Å². The lowest BCUT2D eigenvalue weighted by Crippen LogP contribution is -2.09. The zero-order chi connectivity index (χ0) is 18.3. The molecule has 2 aromatic heterocycles. The molecule has 0 aliphatic carbocycles. The molecule has 0 atom stereocenters. The van der Waals surface area contributed by atoms with Crippen LogP contribution in [-0.4, -0.2) is 14.8 Å². The van der Waals surface area contributed by atoms with E-state index in [2.05, 4.69) is 71.4 Å². The molecule has 0 aliphatic rings. The topological polar surface area (TPSA) is 42.7 Å². The number of rotatable bonds is 8. The highest BCUT2D eigenvalue weighted by molar-refractivity contribution is 7.13. The molecule has 0 saturated heterocycles. The van der Waals surface area contributed by atoms with Gasteiger partial charge in [0, 0.05) is 13.1 Å². The largest absolute Gasteiger partial charge is 0.350 e. The monoisotopic (exact) mass is 374 g/mol. The van der Waals surface area contributed by atoms with Gasteiger partial charge in [0.2, 0.25) is 5.95 Å². The van der Waals surface area contributed by atoms with E-state index in [1.165, 1.54) is 11.1 Å². The predicted octanol–water partition coefficient (Wildman–Crippen LogP) is 5.25. The number of nitrogens with one attached hydrogen (secondary N) is 1. The quantitative estimate of drug-likeness (QED) is 0.458. The molecule has 0 radical (unpaired) electrons. The lowest BCUT2D eigenvalue weighted by molar-refractivity contribution is 0.583. The fourth-order valence-electron chi connectivity index (χ4n) is 2.99. The molecule has 2 aromatic carbocycles. The Labute approximate surface area is 163 Å². The van der Waals surface area contributed by atoms with E-state index in [1.807, 2.05) is 16.8 Å². The van der Waals surface area contributed by atoms with E-state index in [0.717, 1.165) is 42.6 Å². The van der Waals surface area contributed by atoms with Gasteiger partial charge in [0.1, 0.15) is 0 Å². The van der Waals surface area contributed by atoms with Gasteiger partial charge in [-0.15, -0.1) is 16.4 Å². The molecule has 0 bridgehead atoms. The third kappa shape index (κ3) is 4.63. The Hall–Kier alpha value is -2.92. The van der Waals surface area contributed by atoms with Gasteiger partial charge in [-0.1, -0.05) is 66.7 Å². The van der Waals surface area contributed by atoms with Gasteiger partial charge in [0.15, 0.2) is 5.82 Å². The Morgan fingerprint density at radius 2 is 1.59 bits per heavy atom. The summed E-state index contributed by atoms with van der Waals surface area (Å²) in [4.78, 5) is 5.84. The molecule has 0 saturated carbocycles. The summed E-state index contributed by atoms with van der Waals surface area (Å²) < 4.78 is 2.00. The first-order valence-corrected chi connectivity index (χ1v) is 10.1. The maximum absolute atomic E-state index is 4.75. The molecule has 0 unspecified atom stereocenters. The van der Waals surface area contributed by atoms with Crippen molar-refractivity contribution in [1.82, 2.24) is 14.8 Å². The van der Waals surface area contributed by atoms with E-state index in [-0.39, 0.29) is 0 Å². The molecule has 27 heavy (non-hydrogen) atoms. The van der Waals surface area contributed by atoms with Crippen LogP contribution in [0.25, 0.3) is 10.7 Å². The molecule has 2 heterocycles. The number of nitrogens with zero attached hydrogens (tertiary/aromatic N) is 3. The third-order valence-corrected chi connectivity index (χ3v) is 5.25. The van der Waals surface area contributed by atoms with Crippen molar-refractivity contribution in [2.45, 2.75) is 25.9 Å². The minimum absolute atomic E-state index is 0.738. The van der Waals surface area contributed by atoms with E-state index >= 15 is 0 Å². The molecule has 1 N–H and O–H groups in total. The summed E-state index contributed by atoms with van der Waals surface area (Å²) in [6, 6.07) is 25.1. The highest BCUT2D eigenvalue weighted by Gasteiger charge is 2.12. The van der Waals surface area contributed by atoms with E-state index in [0.29, 0.717) is 0 Å². The fraction of sp³-hybridized carbons (Fsp3) is 0.182.